The molecule has 0 saturated heterocycles. The summed E-state index contributed by atoms with van der Waals surface area (Å²) >= 11 is 6.45. The normalized spacial score (nSPS) is 19.9. The van der Waals surface area contributed by atoms with Gasteiger partial charge in [0, 0.05) is 35.8 Å². The van der Waals surface area contributed by atoms with Crippen LogP contribution in [0.5, 0.6) is 0 Å². The van der Waals surface area contributed by atoms with Crippen molar-refractivity contribution in [3.63, 3.8) is 0 Å². The van der Waals surface area contributed by atoms with Crippen molar-refractivity contribution < 1.29 is 8.78 Å². The van der Waals surface area contributed by atoms with E-state index in [-0.39, 0.29) is 17.1 Å². The van der Waals surface area contributed by atoms with E-state index in [1.54, 1.807) is 30.5 Å². The Balaban J connectivity index is 1.39. The number of hydrogen-bond donors (Lipinski definition) is 3. The summed E-state index contributed by atoms with van der Waals surface area (Å²) in [6, 6.07) is 10.4. The monoisotopic (exact) mass is 495 g/mol. The van der Waals surface area contributed by atoms with E-state index in [1.807, 2.05) is 6.92 Å². The lowest BCUT2D eigenvalue weighted by Crippen LogP contribution is -2.34. The molecule has 180 valence electrons. The van der Waals surface area contributed by atoms with E-state index in [4.69, 9.17) is 17.3 Å². The quantitative estimate of drug-likeness (QED) is 0.354. The Morgan fingerprint density at radius 1 is 1.20 bits per heavy atom. The first-order valence-corrected chi connectivity index (χ1v) is 11.7. The highest BCUT2D eigenvalue weighted by molar-refractivity contribution is 6.34. The van der Waals surface area contributed by atoms with E-state index in [1.165, 1.54) is 12.1 Å². The minimum Gasteiger partial charge on any atom is -0.381 e. The second-order valence-corrected chi connectivity index (χ2v) is 9.89. The highest BCUT2D eigenvalue weighted by Crippen LogP contribution is 2.33. The number of halogens is 3. The van der Waals surface area contributed by atoms with Gasteiger partial charge in [-0.05, 0) is 62.1 Å². The fourth-order valence-corrected chi connectivity index (χ4v) is 4.83. The maximum absolute atomic E-state index is 13.5. The number of pyridine rings is 1. The summed E-state index contributed by atoms with van der Waals surface area (Å²) in [5, 5.41) is 4.31. The molecule has 2 aromatic carbocycles. The standard InChI is InChI=1S/C26H24ClF2N5O/c1-26(30)5-4-18(12-26)32-23-11-22-19(10-20(23)27)25(35)34-24(33-22)6-14-2-3-21(31-13-14)15-7-16(28)9-17(29)8-15/h2-3,7-11,13,18,32H,4-6,12,30H2,1H3,(H,33,34,35)/t18-,26-/m1/s1. The van der Waals surface area contributed by atoms with Crippen molar-refractivity contribution in [2.24, 2.45) is 5.73 Å². The number of nitrogens with one attached hydrogen (secondary N) is 2. The van der Waals surface area contributed by atoms with Crippen molar-refractivity contribution in [3.05, 3.63) is 87.1 Å². The lowest BCUT2D eigenvalue weighted by atomic mass is 10.0. The van der Waals surface area contributed by atoms with Gasteiger partial charge in [-0.3, -0.25) is 9.78 Å². The minimum absolute atomic E-state index is 0.198. The Kier molecular flexibility index (Phi) is 6.02. The van der Waals surface area contributed by atoms with E-state index in [0.717, 1.165) is 36.6 Å². The van der Waals surface area contributed by atoms with Crippen LogP contribution in [-0.2, 0) is 6.42 Å². The number of aromatic nitrogens is 3. The lowest BCUT2D eigenvalue weighted by Gasteiger charge is -2.19. The van der Waals surface area contributed by atoms with Crippen LogP contribution in [0, 0.1) is 11.6 Å². The maximum Gasteiger partial charge on any atom is 0.258 e. The summed E-state index contributed by atoms with van der Waals surface area (Å²) < 4.78 is 27.0. The molecular weight excluding hydrogens is 472 g/mol. The number of aromatic amines is 1. The van der Waals surface area contributed by atoms with Crippen molar-refractivity contribution in [1.82, 2.24) is 15.0 Å². The molecule has 2 heterocycles. The average Bonchev–Trinajstić information content (AvgIpc) is 3.13. The third kappa shape index (κ3) is 5.18. The minimum atomic E-state index is -0.664. The van der Waals surface area contributed by atoms with Gasteiger partial charge in [0.25, 0.3) is 5.56 Å². The van der Waals surface area contributed by atoms with Gasteiger partial charge in [0.05, 0.1) is 27.3 Å². The number of hydrogen-bond acceptors (Lipinski definition) is 5. The molecule has 1 saturated carbocycles. The van der Waals surface area contributed by atoms with Gasteiger partial charge in [-0.25, -0.2) is 13.8 Å². The van der Waals surface area contributed by atoms with Crippen LogP contribution in [0.3, 0.4) is 0 Å². The highest BCUT2D eigenvalue weighted by atomic mass is 35.5. The van der Waals surface area contributed by atoms with Crippen LogP contribution >= 0.6 is 11.6 Å². The van der Waals surface area contributed by atoms with Gasteiger partial charge in [-0.1, -0.05) is 17.7 Å². The van der Waals surface area contributed by atoms with E-state index in [2.05, 4.69) is 20.3 Å². The summed E-state index contributed by atoms with van der Waals surface area (Å²) in [6.07, 6.45) is 4.64. The molecule has 2 atom stereocenters. The number of H-pyrrole nitrogens is 1. The van der Waals surface area contributed by atoms with Crippen molar-refractivity contribution >= 4 is 28.2 Å². The Labute approximate surface area is 205 Å². The number of nitrogens with two attached hydrogens (primary N) is 1. The predicted molar refractivity (Wildman–Crippen MR) is 134 cm³/mol. The molecule has 5 rings (SSSR count). The third-order valence-electron chi connectivity index (χ3n) is 6.33. The van der Waals surface area contributed by atoms with Crippen LogP contribution in [0.4, 0.5) is 14.5 Å². The molecule has 2 aromatic heterocycles. The molecular formula is C26H24ClF2N5O. The SMILES string of the molecule is C[C@@]1(N)CC[C@@H](Nc2cc3nc(Cc4ccc(-c5cc(F)cc(F)c5)nc4)[nH]c(=O)c3cc2Cl)C1. The van der Waals surface area contributed by atoms with Gasteiger partial charge < -0.3 is 16.0 Å². The molecule has 0 bridgehead atoms. The Morgan fingerprint density at radius 2 is 1.97 bits per heavy atom. The zero-order valence-corrected chi connectivity index (χ0v) is 19.8. The van der Waals surface area contributed by atoms with E-state index in [9.17, 15) is 13.6 Å². The maximum atomic E-state index is 13.5. The highest BCUT2D eigenvalue weighted by Gasteiger charge is 2.31. The van der Waals surface area contributed by atoms with Crippen molar-refractivity contribution in [1.29, 1.82) is 0 Å². The molecule has 0 amide bonds. The van der Waals surface area contributed by atoms with E-state index in [0.29, 0.717) is 39.4 Å². The molecule has 0 aliphatic heterocycles. The van der Waals surface area contributed by atoms with Crippen LogP contribution in [0.1, 0.15) is 37.6 Å². The van der Waals surface area contributed by atoms with Crippen LogP contribution in [0.25, 0.3) is 22.2 Å². The van der Waals surface area contributed by atoms with Crippen LogP contribution in [0.2, 0.25) is 5.02 Å². The van der Waals surface area contributed by atoms with E-state index < -0.39 is 11.6 Å². The van der Waals surface area contributed by atoms with Gasteiger partial charge in [0.15, 0.2) is 0 Å². The van der Waals surface area contributed by atoms with Crippen LogP contribution in [0.15, 0.2) is 53.5 Å². The number of fused-ring (bicyclic) bond motifs is 1. The largest absolute Gasteiger partial charge is 0.381 e. The zero-order chi connectivity index (χ0) is 24.7. The van der Waals surface area contributed by atoms with Crippen molar-refractivity contribution in [3.8, 4) is 11.3 Å². The Bertz CT molecular complexity index is 1450. The average molecular weight is 496 g/mol. The Hall–Kier alpha value is -3.36. The smallest absolute Gasteiger partial charge is 0.258 e. The van der Waals surface area contributed by atoms with Crippen molar-refractivity contribution in [2.45, 2.75) is 44.2 Å². The molecule has 4 aromatic rings. The Morgan fingerprint density at radius 3 is 2.63 bits per heavy atom. The number of rotatable bonds is 5. The molecule has 6 nitrogen and oxygen atoms in total. The second kappa shape index (κ2) is 9.02. The fraction of sp³-hybridized carbons (Fsp3) is 0.269. The predicted octanol–water partition coefficient (Wildman–Crippen LogP) is 5.19. The van der Waals surface area contributed by atoms with Gasteiger partial charge in [-0.2, -0.15) is 0 Å². The fourth-order valence-electron chi connectivity index (χ4n) is 4.61. The summed E-state index contributed by atoms with van der Waals surface area (Å²) in [4.78, 5) is 24.5. The lowest BCUT2D eigenvalue weighted by molar-refractivity contribution is 0.482. The topological polar surface area (TPSA) is 96.7 Å². The first kappa shape index (κ1) is 23.4. The molecule has 9 heteroatoms. The molecule has 1 aliphatic rings. The number of nitrogens with zero attached hydrogens (tertiary/aromatic N) is 2. The first-order valence-electron chi connectivity index (χ1n) is 11.3. The summed E-state index contributed by atoms with van der Waals surface area (Å²) in [6.45, 7) is 2.04. The zero-order valence-electron chi connectivity index (χ0n) is 19.0. The van der Waals surface area contributed by atoms with Gasteiger partial charge >= 0.3 is 0 Å². The molecule has 1 aliphatic carbocycles. The third-order valence-corrected chi connectivity index (χ3v) is 6.65. The molecule has 0 unspecified atom stereocenters. The van der Waals surface area contributed by atoms with Gasteiger partial charge in [0.2, 0.25) is 0 Å². The molecule has 35 heavy (non-hydrogen) atoms. The summed E-state index contributed by atoms with van der Waals surface area (Å²) in [5.41, 5.74) is 8.60. The second-order valence-electron chi connectivity index (χ2n) is 9.49. The molecule has 4 N–H and O–H groups in total. The number of benzene rings is 2. The molecule has 1 fully saturated rings. The first-order chi connectivity index (χ1) is 16.6. The van der Waals surface area contributed by atoms with Crippen LogP contribution < -0.4 is 16.6 Å². The van der Waals surface area contributed by atoms with Crippen molar-refractivity contribution in [2.75, 3.05) is 5.32 Å². The number of anilines is 1. The molecule has 0 radical (unpaired) electrons. The van der Waals surface area contributed by atoms with E-state index >= 15 is 0 Å². The summed E-state index contributed by atoms with van der Waals surface area (Å²) in [5.74, 6) is -0.858. The van der Waals surface area contributed by atoms with Gasteiger partial charge in [-0.15, -0.1) is 0 Å². The molecule has 0 spiro atoms. The summed E-state index contributed by atoms with van der Waals surface area (Å²) in [7, 11) is 0. The van der Waals surface area contributed by atoms with Crippen LogP contribution in [-0.4, -0.2) is 26.5 Å². The van der Waals surface area contributed by atoms with Gasteiger partial charge in [0.1, 0.15) is 17.5 Å².